The van der Waals surface area contributed by atoms with Gasteiger partial charge in [0.2, 0.25) is 11.1 Å². The Bertz CT molecular complexity index is 388. The summed E-state index contributed by atoms with van der Waals surface area (Å²) in [5.41, 5.74) is 0. The second-order valence-electron chi connectivity index (χ2n) is 4.34. The Morgan fingerprint density at radius 1 is 1.53 bits per heavy atom. The molecule has 2 rings (SSSR count). The highest BCUT2D eigenvalue weighted by atomic mass is 32.2. The zero-order valence-corrected chi connectivity index (χ0v) is 10.9. The monoisotopic (exact) mass is 255 g/mol. The lowest BCUT2D eigenvalue weighted by molar-refractivity contribution is -0.120. The minimum absolute atomic E-state index is 0.0740. The van der Waals surface area contributed by atoms with E-state index in [0.717, 1.165) is 12.8 Å². The first-order valence-electron chi connectivity index (χ1n) is 5.86. The van der Waals surface area contributed by atoms with E-state index in [1.54, 1.807) is 11.7 Å². The lowest BCUT2D eigenvalue weighted by Gasteiger charge is -2.15. The van der Waals surface area contributed by atoms with Gasteiger partial charge in [-0.3, -0.25) is 4.79 Å². The number of hydrogen-bond donors (Lipinski definition) is 1. The fourth-order valence-electron chi connectivity index (χ4n) is 1.92. The Morgan fingerprint density at radius 3 is 2.82 bits per heavy atom. The third-order valence-electron chi connectivity index (χ3n) is 2.93. The van der Waals surface area contributed by atoms with Crippen LogP contribution in [-0.2, 0) is 11.8 Å². The van der Waals surface area contributed by atoms with E-state index in [9.17, 15) is 4.79 Å². The Morgan fingerprint density at radius 2 is 2.24 bits per heavy atom. The molecule has 1 aromatic rings. The van der Waals surface area contributed by atoms with Crippen molar-refractivity contribution in [2.24, 2.45) is 7.05 Å². The van der Waals surface area contributed by atoms with Crippen LogP contribution in [0.25, 0.3) is 0 Å². The van der Waals surface area contributed by atoms with Crippen LogP contribution in [0, 0.1) is 0 Å². The van der Waals surface area contributed by atoms with Crippen LogP contribution in [0.4, 0.5) is 0 Å². The number of amides is 1. The average molecular weight is 255 g/mol. The van der Waals surface area contributed by atoms with Crippen LogP contribution in [0.15, 0.2) is 5.16 Å². The van der Waals surface area contributed by atoms with Gasteiger partial charge in [0.15, 0.2) is 0 Å². The molecule has 1 atom stereocenters. The van der Waals surface area contributed by atoms with Gasteiger partial charge in [0.05, 0.1) is 5.25 Å². The SMILES string of the molecule is CC(Sc1nnnn1C)C(=O)NC1CCCC1. The van der Waals surface area contributed by atoms with E-state index in [0.29, 0.717) is 11.2 Å². The third kappa shape index (κ3) is 3.18. The Labute approximate surface area is 105 Å². The molecule has 94 valence electrons. The summed E-state index contributed by atoms with van der Waals surface area (Å²) in [4.78, 5) is 11.9. The van der Waals surface area contributed by atoms with Gasteiger partial charge >= 0.3 is 0 Å². The minimum atomic E-state index is -0.166. The van der Waals surface area contributed by atoms with E-state index in [1.165, 1.54) is 24.6 Å². The van der Waals surface area contributed by atoms with Crippen molar-refractivity contribution in [3.05, 3.63) is 0 Å². The van der Waals surface area contributed by atoms with Gasteiger partial charge in [-0.2, -0.15) is 0 Å². The number of carbonyl (C=O) groups excluding carboxylic acids is 1. The van der Waals surface area contributed by atoms with Crippen molar-refractivity contribution >= 4 is 17.7 Å². The number of hydrogen-bond acceptors (Lipinski definition) is 5. The summed E-state index contributed by atoms with van der Waals surface area (Å²) in [6.07, 6.45) is 4.66. The molecule has 1 saturated carbocycles. The maximum Gasteiger partial charge on any atom is 0.233 e. The standard InChI is InChI=1S/C10H17N5OS/c1-7(17-10-12-13-14-15(10)2)9(16)11-8-5-3-4-6-8/h7-8H,3-6H2,1-2H3,(H,11,16). The molecule has 0 aliphatic heterocycles. The Hall–Kier alpha value is -1.11. The fraction of sp³-hybridized carbons (Fsp3) is 0.800. The number of aromatic nitrogens is 4. The summed E-state index contributed by atoms with van der Waals surface area (Å²) >= 11 is 1.38. The van der Waals surface area contributed by atoms with E-state index in [2.05, 4.69) is 20.8 Å². The Balaban J connectivity index is 1.84. The van der Waals surface area contributed by atoms with Gasteiger partial charge in [0, 0.05) is 13.1 Å². The predicted octanol–water partition coefficient (Wildman–Crippen LogP) is 0.749. The van der Waals surface area contributed by atoms with E-state index in [-0.39, 0.29) is 11.2 Å². The van der Waals surface area contributed by atoms with Crippen LogP contribution < -0.4 is 5.32 Å². The van der Waals surface area contributed by atoms with Crippen molar-refractivity contribution in [1.82, 2.24) is 25.5 Å². The first kappa shape index (κ1) is 12.3. The molecular formula is C10H17N5OS. The molecule has 7 heteroatoms. The van der Waals surface area contributed by atoms with E-state index in [1.807, 2.05) is 6.92 Å². The summed E-state index contributed by atoms with van der Waals surface area (Å²) in [5, 5.41) is 14.7. The van der Waals surface area contributed by atoms with Crippen molar-refractivity contribution in [1.29, 1.82) is 0 Å². The maximum atomic E-state index is 11.9. The van der Waals surface area contributed by atoms with Gasteiger partial charge in [-0.1, -0.05) is 24.6 Å². The van der Waals surface area contributed by atoms with Crippen molar-refractivity contribution < 1.29 is 4.79 Å². The summed E-state index contributed by atoms with van der Waals surface area (Å²) in [6, 6.07) is 0.364. The molecule has 0 aromatic carbocycles. The molecule has 1 aliphatic carbocycles. The number of tetrazole rings is 1. The smallest absolute Gasteiger partial charge is 0.233 e. The zero-order valence-electron chi connectivity index (χ0n) is 10.1. The lowest BCUT2D eigenvalue weighted by atomic mass is 10.2. The van der Waals surface area contributed by atoms with Crippen LogP contribution in [0.3, 0.4) is 0 Å². The Kier molecular flexibility index (Phi) is 3.98. The fourth-order valence-corrected chi connectivity index (χ4v) is 2.69. The summed E-state index contributed by atoms with van der Waals surface area (Å²) < 4.78 is 1.57. The molecule has 1 heterocycles. The van der Waals surface area contributed by atoms with Crippen molar-refractivity contribution in [3.8, 4) is 0 Å². The number of carbonyl (C=O) groups is 1. The molecule has 1 unspecified atom stereocenters. The van der Waals surface area contributed by atoms with Crippen LogP contribution in [0.1, 0.15) is 32.6 Å². The molecular weight excluding hydrogens is 238 g/mol. The number of nitrogens with one attached hydrogen (secondary N) is 1. The molecule has 0 bridgehead atoms. The highest BCUT2D eigenvalue weighted by Crippen LogP contribution is 2.21. The number of nitrogens with zero attached hydrogens (tertiary/aromatic N) is 4. The van der Waals surface area contributed by atoms with Crippen LogP contribution >= 0.6 is 11.8 Å². The molecule has 0 radical (unpaired) electrons. The summed E-state index contributed by atoms with van der Waals surface area (Å²) in [7, 11) is 1.77. The largest absolute Gasteiger partial charge is 0.352 e. The molecule has 0 saturated heterocycles. The van der Waals surface area contributed by atoms with Crippen LogP contribution in [-0.4, -0.2) is 37.4 Å². The number of thioether (sulfide) groups is 1. The summed E-state index contributed by atoms with van der Waals surface area (Å²) in [5.74, 6) is 0.0740. The van der Waals surface area contributed by atoms with Gasteiger partial charge in [0.1, 0.15) is 0 Å². The number of rotatable bonds is 4. The molecule has 1 fully saturated rings. The van der Waals surface area contributed by atoms with E-state index >= 15 is 0 Å². The average Bonchev–Trinajstić information content (AvgIpc) is 2.91. The second-order valence-corrected chi connectivity index (χ2v) is 5.64. The zero-order chi connectivity index (χ0) is 12.3. The van der Waals surface area contributed by atoms with E-state index < -0.39 is 0 Å². The van der Waals surface area contributed by atoms with E-state index in [4.69, 9.17) is 0 Å². The normalized spacial score (nSPS) is 18.2. The second kappa shape index (κ2) is 5.48. The molecule has 1 amide bonds. The first-order valence-corrected chi connectivity index (χ1v) is 6.74. The summed E-state index contributed by atoms with van der Waals surface area (Å²) in [6.45, 7) is 1.88. The number of aryl methyl sites for hydroxylation is 1. The molecule has 1 aromatic heterocycles. The molecule has 6 nitrogen and oxygen atoms in total. The molecule has 17 heavy (non-hydrogen) atoms. The van der Waals surface area contributed by atoms with Crippen molar-refractivity contribution in [3.63, 3.8) is 0 Å². The third-order valence-corrected chi connectivity index (χ3v) is 4.06. The highest BCUT2D eigenvalue weighted by Gasteiger charge is 2.22. The predicted molar refractivity (Wildman–Crippen MR) is 64.5 cm³/mol. The van der Waals surface area contributed by atoms with Crippen molar-refractivity contribution in [2.75, 3.05) is 0 Å². The van der Waals surface area contributed by atoms with Gasteiger partial charge in [-0.25, -0.2) is 4.68 Å². The first-order chi connectivity index (χ1) is 8.16. The molecule has 1 aliphatic rings. The maximum absolute atomic E-state index is 11.9. The molecule has 0 spiro atoms. The van der Waals surface area contributed by atoms with Crippen LogP contribution in [0.2, 0.25) is 0 Å². The van der Waals surface area contributed by atoms with Gasteiger partial charge in [-0.05, 0) is 30.2 Å². The van der Waals surface area contributed by atoms with Gasteiger partial charge in [0.25, 0.3) is 0 Å². The van der Waals surface area contributed by atoms with Gasteiger partial charge in [-0.15, -0.1) is 5.10 Å². The van der Waals surface area contributed by atoms with Crippen molar-refractivity contribution in [2.45, 2.75) is 49.1 Å². The molecule has 1 N–H and O–H groups in total. The quantitative estimate of drug-likeness (QED) is 0.804. The lowest BCUT2D eigenvalue weighted by Crippen LogP contribution is -2.37. The minimum Gasteiger partial charge on any atom is -0.352 e. The van der Waals surface area contributed by atoms with Crippen LogP contribution in [0.5, 0.6) is 0 Å². The van der Waals surface area contributed by atoms with Gasteiger partial charge < -0.3 is 5.32 Å². The highest BCUT2D eigenvalue weighted by molar-refractivity contribution is 8.00. The topological polar surface area (TPSA) is 72.7 Å².